The van der Waals surface area contributed by atoms with Gasteiger partial charge in [0.15, 0.2) is 0 Å². The fraction of sp³-hybridized carbons (Fsp3) is 0.333. The van der Waals surface area contributed by atoms with E-state index >= 15 is 0 Å². The van der Waals surface area contributed by atoms with Crippen LogP contribution in [0.1, 0.15) is 33.1 Å². The summed E-state index contributed by atoms with van der Waals surface area (Å²) in [6.07, 6.45) is 1.32. The second-order valence-electron chi connectivity index (χ2n) is 8.05. The van der Waals surface area contributed by atoms with Gasteiger partial charge in [-0.2, -0.15) is 0 Å². The number of unbranched alkanes of at least 4 members (excludes halogenated alkanes) is 1. The van der Waals surface area contributed by atoms with Crippen molar-refractivity contribution in [2.45, 2.75) is 52.2 Å². The third-order valence-electron chi connectivity index (χ3n) is 5.07. The fourth-order valence-electron chi connectivity index (χ4n) is 3.57. The molecule has 0 fully saturated rings. The highest BCUT2D eigenvalue weighted by Crippen LogP contribution is 2.20. The van der Waals surface area contributed by atoms with Crippen LogP contribution in [0.25, 0.3) is 10.9 Å². The lowest BCUT2D eigenvalue weighted by atomic mass is 10.2. The number of hydrogen-bond donors (Lipinski definition) is 2. The number of aromatic nitrogens is 2. The summed E-state index contributed by atoms with van der Waals surface area (Å²) in [6, 6.07) is 13.6. The van der Waals surface area contributed by atoms with E-state index in [0.717, 1.165) is 4.57 Å². The normalized spacial score (nSPS) is 11.0. The molecule has 2 N–H and O–H groups in total. The molecule has 2 aromatic carbocycles. The van der Waals surface area contributed by atoms with Crippen LogP contribution in [0.15, 0.2) is 58.1 Å². The van der Waals surface area contributed by atoms with Crippen LogP contribution in [-0.2, 0) is 22.7 Å². The molecule has 0 spiro atoms. The Balaban J connectivity index is 1.83. The van der Waals surface area contributed by atoms with Gasteiger partial charge >= 0.3 is 5.69 Å². The van der Waals surface area contributed by atoms with Crippen LogP contribution >= 0.6 is 11.6 Å². The predicted molar refractivity (Wildman–Crippen MR) is 130 cm³/mol. The van der Waals surface area contributed by atoms with Crippen molar-refractivity contribution in [3.05, 3.63) is 74.4 Å². The maximum Gasteiger partial charge on any atom is 0.331 e. The molecule has 9 heteroatoms. The number of halogens is 1. The van der Waals surface area contributed by atoms with E-state index in [-0.39, 0.29) is 25.0 Å². The zero-order valence-corrected chi connectivity index (χ0v) is 19.4. The Morgan fingerprint density at radius 1 is 0.939 bits per heavy atom. The third kappa shape index (κ3) is 6.10. The van der Waals surface area contributed by atoms with Crippen molar-refractivity contribution in [2.24, 2.45) is 0 Å². The molecular formula is C24H27ClN4O4. The minimum Gasteiger partial charge on any atom is -0.354 e. The molecule has 174 valence electrons. The summed E-state index contributed by atoms with van der Waals surface area (Å²) in [4.78, 5) is 50.6. The van der Waals surface area contributed by atoms with Crippen molar-refractivity contribution in [3.63, 3.8) is 0 Å². The van der Waals surface area contributed by atoms with Gasteiger partial charge in [-0.25, -0.2) is 4.79 Å². The first-order valence-electron chi connectivity index (χ1n) is 10.8. The first-order chi connectivity index (χ1) is 15.8. The van der Waals surface area contributed by atoms with Gasteiger partial charge in [-0.05, 0) is 51.0 Å². The number of anilines is 1. The largest absolute Gasteiger partial charge is 0.354 e. The third-order valence-corrected chi connectivity index (χ3v) is 5.40. The van der Waals surface area contributed by atoms with Gasteiger partial charge in [0.2, 0.25) is 11.8 Å². The standard InChI is InChI=1S/C24H27ClN4O4/c1-16(2)26-21(30)13-7-8-14-28-23(32)17-9-3-6-12-20(17)29(24(28)33)15-22(31)27-19-11-5-4-10-18(19)25/h3-6,9-12,16H,7-8,13-15H2,1-2H3,(H,26,30)(H,27,31). The van der Waals surface area contributed by atoms with Crippen molar-refractivity contribution in [3.8, 4) is 0 Å². The SMILES string of the molecule is CC(C)NC(=O)CCCCn1c(=O)c2ccccc2n(CC(=O)Nc2ccccc2Cl)c1=O. The van der Waals surface area contributed by atoms with Gasteiger partial charge in [-0.15, -0.1) is 0 Å². The molecule has 0 saturated heterocycles. The minimum absolute atomic E-state index is 0.0599. The Kier molecular flexibility index (Phi) is 8.06. The van der Waals surface area contributed by atoms with Crippen LogP contribution in [-0.4, -0.2) is 27.0 Å². The number of hydrogen-bond acceptors (Lipinski definition) is 4. The van der Waals surface area contributed by atoms with E-state index in [1.54, 1.807) is 48.5 Å². The van der Waals surface area contributed by atoms with Crippen LogP contribution < -0.4 is 21.9 Å². The van der Waals surface area contributed by atoms with E-state index in [9.17, 15) is 19.2 Å². The molecule has 0 unspecified atom stereocenters. The quantitative estimate of drug-likeness (QED) is 0.469. The molecule has 0 radical (unpaired) electrons. The summed E-state index contributed by atoms with van der Waals surface area (Å²) in [7, 11) is 0. The van der Waals surface area contributed by atoms with E-state index < -0.39 is 17.2 Å². The maximum absolute atomic E-state index is 13.2. The summed E-state index contributed by atoms with van der Waals surface area (Å²) in [6.45, 7) is 3.65. The van der Waals surface area contributed by atoms with Gasteiger partial charge in [0.05, 0.1) is 21.6 Å². The van der Waals surface area contributed by atoms with Crippen molar-refractivity contribution in [1.29, 1.82) is 0 Å². The first-order valence-corrected chi connectivity index (χ1v) is 11.2. The van der Waals surface area contributed by atoms with Gasteiger partial charge < -0.3 is 10.6 Å². The van der Waals surface area contributed by atoms with Crippen LogP contribution in [0, 0.1) is 0 Å². The molecule has 8 nitrogen and oxygen atoms in total. The number of nitrogens with zero attached hydrogens (tertiary/aromatic N) is 2. The summed E-state index contributed by atoms with van der Waals surface area (Å²) in [5.41, 5.74) is -0.159. The number of carbonyl (C=O) groups excluding carboxylic acids is 2. The number of benzene rings is 2. The average Bonchev–Trinajstić information content (AvgIpc) is 2.77. The van der Waals surface area contributed by atoms with Crippen molar-refractivity contribution >= 4 is 40.0 Å². The van der Waals surface area contributed by atoms with E-state index in [1.807, 2.05) is 13.8 Å². The second kappa shape index (κ2) is 11.0. The zero-order chi connectivity index (χ0) is 24.0. The van der Waals surface area contributed by atoms with Gasteiger partial charge in [0.1, 0.15) is 6.54 Å². The molecule has 3 aromatic rings. The lowest BCUT2D eigenvalue weighted by Gasteiger charge is -2.14. The molecule has 0 bridgehead atoms. The van der Waals surface area contributed by atoms with Crippen LogP contribution in [0.2, 0.25) is 5.02 Å². The molecule has 3 rings (SSSR count). The van der Waals surface area contributed by atoms with Crippen LogP contribution in [0.5, 0.6) is 0 Å². The second-order valence-corrected chi connectivity index (χ2v) is 8.46. The highest BCUT2D eigenvalue weighted by molar-refractivity contribution is 6.33. The molecule has 0 aliphatic carbocycles. The molecule has 2 amide bonds. The minimum atomic E-state index is -0.570. The van der Waals surface area contributed by atoms with Crippen molar-refractivity contribution in [2.75, 3.05) is 5.32 Å². The van der Waals surface area contributed by atoms with Gasteiger partial charge in [0.25, 0.3) is 5.56 Å². The fourth-order valence-corrected chi connectivity index (χ4v) is 3.75. The molecule has 1 heterocycles. The highest BCUT2D eigenvalue weighted by atomic mass is 35.5. The highest BCUT2D eigenvalue weighted by Gasteiger charge is 2.16. The Hall–Kier alpha value is -3.39. The van der Waals surface area contributed by atoms with Crippen LogP contribution in [0.4, 0.5) is 5.69 Å². The van der Waals surface area contributed by atoms with E-state index in [0.29, 0.717) is 40.9 Å². The molecule has 0 aliphatic heterocycles. The predicted octanol–water partition coefficient (Wildman–Crippen LogP) is 3.15. The summed E-state index contributed by atoms with van der Waals surface area (Å²) in [5, 5.41) is 6.25. The smallest absolute Gasteiger partial charge is 0.331 e. The Bertz CT molecular complexity index is 1280. The summed E-state index contributed by atoms with van der Waals surface area (Å²) >= 11 is 6.11. The Morgan fingerprint density at radius 2 is 1.64 bits per heavy atom. The number of nitrogens with one attached hydrogen (secondary N) is 2. The number of fused-ring (bicyclic) bond motifs is 1. The number of carbonyl (C=O) groups is 2. The molecule has 0 atom stereocenters. The topological polar surface area (TPSA) is 102 Å². The monoisotopic (exact) mass is 470 g/mol. The van der Waals surface area contributed by atoms with Crippen molar-refractivity contribution < 1.29 is 9.59 Å². The Morgan fingerprint density at radius 3 is 2.36 bits per heavy atom. The van der Waals surface area contributed by atoms with E-state index in [1.165, 1.54) is 4.57 Å². The van der Waals surface area contributed by atoms with Gasteiger partial charge in [-0.1, -0.05) is 35.9 Å². The van der Waals surface area contributed by atoms with E-state index in [2.05, 4.69) is 10.6 Å². The summed E-state index contributed by atoms with van der Waals surface area (Å²) in [5.74, 6) is -0.504. The van der Waals surface area contributed by atoms with E-state index in [4.69, 9.17) is 11.6 Å². The van der Waals surface area contributed by atoms with Gasteiger partial charge in [-0.3, -0.25) is 23.5 Å². The average molecular weight is 471 g/mol. The van der Waals surface area contributed by atoms with Crippen LogP contribution in [0.3, 0.4) is 0 Å². The molecular weight excluding hydrogens is 444 g/mol. The lowest BCUT2D eigenvalue weighted by Crippen LogP contribution is -2.41. The molecule has 1 aromatic heterocycles. The first kappa shape index (κ1) is 24.3. The summed E-state index contributed by atoms with van der Waals surface area (Å²) < 4.78 is 2.42. The maximum atomic E-state index is 13.2. The number of amides is 2. The number of rotatable bonds is 9. The van der Waals surface area contributed by atoms with Crippen molar-refractivity contribution in [1.82, 2.24) is 14.5 Å². The molecule has 0 saturated carbocycles. The zero-order valence-electron chi connectivity index (χ0n) is 18.6. The molecule has 33 heavy (non-hydrogen) atoms. The molecule has 0 aliphatic rings. The van der Waals surface area contributed by atoms with Gasteiger partial charge in [0, 0.05) is 19.0 Å². The Labute approximate surface area is 196 Å². The lowest BCUT2D eigenvalue weighted by molar-refractivity contribution is -0.121. The number of para-hydroxylation sites is 2.